The molecule has 1 heterocycles. The molecule has 0 unspecified atom stereocenters. The van der Waals surface area contributed by atoms with Gasteiger partial charge in [0, 0.05) is 10.6 Å². The lowest BCUT2D eigenvalue weighted by Gasteiger charge is -2.05. The molecule has 0 amide bonds. The van der Waals surface area contributed by atoms with E-state index in [9.17, 15) is 4.79 Å². The highest BCUT2D eigenvalue weighted by Gasteiger charge is 2.19. The Kier molecular flexibility index (Phi) is 4.02. The van der Waals surface area contributed by atoms with Crippen LogP contribution in [-0.2, 0) is 0 Å². The standard InChI is InChI=1S/C17H13ClO4/c1-20-15-7-11(8-16-17(15)22-10-21-16)5-6-14(19)12-3-2-4-13(18)9-12/h2-9H,10H2,1H3/b6-5+. The minimum absolute atomic E-state index is 0.126. The molecule has 112 valence electrons. The third-order valence-electron chi connectivity index (χ3n) is 3.22. The lowest BCUT2D eigenvalue weighted by molar-refractivity contribution is 0.104. The summed E-state index contributed by atoms with van der Waals surface area (Å²) in [5.41, 5.74) is 1.33. The molecule has 0 fully saturated rings. The monoisotopic (exact) mass is 316 g/mol. The Hall–Kier alpha value is -2.46. The van der Waals surface area contributed by atoms with Crippen molar-refractivity contribution >= 4 is 23.5 Å². The normalized spacial score (nSPS) is 12.6. The first kappa shape index (κ1) is 14.5. The number of halogens is 1. The Morgan fingerprint density at radius 2 is 2.14 bits per heavy atom. The zero-order valence-electron chi connectivity index (χ0n) is 11.8. The van der Waals surface area contributed by atoms with E-state index in [0.717, 1.165) is 5.56 Å². The number of methoxy groups -OCH3 is 1. The van der Waals surface area contributed by atoms with Gasteiger partial charge in [0.05, 0.1) is 7.11 Å². The Morgan fingerprint density at radius 3 is 2.91 bits per heavy atom. The van der Waals surface area contributed by atoms with Crippen LogP contribution in [0.2, 0.25) is 5.02 Å². The number of hydrogen-bond acceptors (Lipinski definition) is 4. The van der Waals surface area contributed by atoms with E-state index in [4.69, 9.17) is 25.8 Å². The van der Waals surface area contributed by atoms with Gasteiger partial charge in [0.2, 0.25) is 12.5 Å². The first-order valence-electron chi connectivity index (χ1n) is 6.63. The highest BCUT2D eigenvalue weighted by atomic mass is 35.5. The summed E-state index contributed by atoms with van der Waals surface area (Å²) in [7, 11) is 1.56. The van der Waals surface area contributed by atoms with Crippen molar-refractivity contribution in [3.63, 3.8) is 0 Å². The zero-order chi connectivity index (χ0) is 15.5. The first-order valence-corrected chi connectivity index (χ1v) is 7.01. The van der Waals surface area contributed by atoms with E-state index in [2.05, 4.69) is 0 Å². The van der Waals surface area contributed by atoms with Crippen LogP contribution in [0.4, 0.5) is 0 Å². The number of hydrogen-bond donors (Lipinski definition) is 0. The topological polar surface area (TPSA) is 44.8 Å². The summed E-state index contributed by atoms with van der Waals surface area (Å²) < 4.78 is 15.9. The summed E-state index contributed by atoms with van der Waals surface area (Å²) in [6, 6.07) is 10.4. The molecule has 0 saturated heterocycles. The van der Waals surface area contributed by atoms with Crippen LogP contribution < -0.4 is 14.2 Å². The second-order valence-electron chi connectivity index (χ2n) is 4.66. The van der Waals surface area contributed by atoms with Crippen LogP contribution in [0.1, 0.15) is 15.9 Å². The number of carbonyl (C=O) groups excluding carboxylic acids is 1. The molecule has 3 rings (SSSR count). The molecule has 0 bridgehead atoms. The third kappa shape index (κ3) is 2.92. The highest BCUT2D eigenvalue weighted by molar-refractivity contribution is 6.31. The van der Waals surface area contributed by atoms with E-state index in [-0.39, 0.29) is 12.6 Å². The number of fused-ring (bicyclic) bond motifs is 1. The van der Waals surface area contributed by atoms with Crippen LogP contribution in [0.5, 0.6) is 17.2 Å². The van der Waals surface area contributed by atoms with Crippen molar-refractivity contribution in [2.45, 2.75) is 0 Å². The summed E-state index contributed by atoms with van der Waals surface area (Å²) >= 11 is 5.89. The summed E-state index contributed by atoms with van der Waals surface area (Å²) in [6.45, 7) is 0.167. The van der Waals surface area contributed by atoms with Crippen molar-refractivity contribution in [1.82, 2.24) is 0 Å². The molecule has 4 nitrogen and oxygen atoms in total. The van der Waals surface area contributed by atoms with Crippen molar-refractivity contribution in [2.24, 2.45) is 0 Å². The van der Waals surface area contributed by atoms with E-state index < -0.39 is 0 Å². The van der Waals surface area contributed by atoms with Gasteiger partial charge in [0.1, 0.15) is 0 Å². The van der Waals surface area contributed by atoms with E-state index in [0.29, 0.717) is 27.8 Å². The number of benzene rings is 2. The Labute approximate surface area is 132 Å². The van der Waals surface area contributed by atoms with Gasteiger partial charge in [0.15, 0.2) is 17.3 Å². The number of carbonyl (C=O) groups is 1. The van der Waals surface area contributed by atoms with Crippen molar-refractivity contribution < 1.29 is 19.0 Å². The van der Waals surface area contributed by atoms with Crippen LogP contribution in [0, 0.1) is 0 Å². The Balaban J connectivity index is 1.85. The van der Waals surface area contributed by atoms with Crippen LogP contribution in [-0.4, -0.2) is 19.7 Å². The van der Waals surface area contributed by atoms with Gasteiger partial charge in [-0.05, 0) is 35.9 Å². The van der Waals surface area contributed by atoms with Gasteiger partial charge < -0.3 is 14.2 Å². The van der Waals surface area contributed by atoms with Crippen molar-refractivity contribution in [2.75, 3.05) is 13.9 Å². The van der Waals surface area contributed by atoms with E-state index in [1.54, 1.807) is 49.6 Å². The summed E-state index contributed by atoms with van der Waals surface area (Å²) in [6.07, 6.45) is 3.19. The average Bonchev–Trinajstić information content (AvgIpc) is 3.00. The second-order valence-corrected chi connectivity index (χ2v) is 5.10. The van der Waals surface area contributed by atoms with E-state index in [1.807, 2.05) is 0 Å². The number of allylic oxidation sites excluding steroid dienone is 1. The van der Waals surface area contributed by atoms with Gasteiger partial charge in [-0.25, -0.2) is 0 Å². The fourth-order valence-electron chi connectivity index (χ4n) is 2.16. The molecule has 0 N–H and O–H groups in total. The predicted molar refractivity (Wildman–Crippen MR) is 83.9 cm³/mol. The smallest absolute Gasteiger partial charge is 0.231 e. The molecule has 0 aromatic heterocycles. The largest absolute Gasteiger partial charge is 0.493 e. The number of ether oxygens (including phenoxy) is 3. The van der Waals surface area contributed by atoms with Crippen molar-refractivity contribution in [3.8, 4) is 17.2 Å². The molecule has 0 atom stereocenters. The summed E-state index contributed by atoms with van der Waals surface area (Å²) in [5.74, 6) is 1.64. The maximum Gasteiger partial charge on any atom is 0.231 e. The second kappa shape index (κ2) is 6.12. The first-order chi connectivity index (χ1) is 10.7. The molecule has 0 radical (unpaired) electrons. The molecule has 0 aliphatic carbocycles. The maximum absolute atomic E-state index is 12.1. The molecule has 2 aromatic rings. The van der Waals surface area contributed by atoms with Crippen LogP contribution in [0.3, 0.4) is 0 Å². The van der Waals surface area contributed by atoms with E-state index >= 15 is 0 Å². The third-order valence-corrected chi connectivity index (χ3v) is 3.45. The lowest BCUT2D eigenvalue weighted by atomic mass is 10.1. The SMILES string of the molecule is COc1cc(/C=C/C(=O)c2cccc(Cl)c2)cc2c1OCO2. The molecular formula is C17H13ClO4. The molecular weight excluding hydrogens is 304 g/mol. The number of ketones is 1. The van der Waals surface area contributed by atoms with Gasteiger partial charge in [-0.15, -0.1) is 0 Å². The van der Waals surface area contributed by atoms with Gasteiger partial charge in [-0.1, -0.05) is 29.8 Å². The Morgan fingerprint density at radius 1 is 1.27 bits per heavy atom. The van der Waals surface area contributed by atoms with Crippen molar-refractivity contribution in [1.29, 1.82) is 0 Å². The molecule has 22 heavy (non-hydrogen) atoms. The van der Waals surface area contributed by atoms with Crippen LogP contribution in [0.25, 0.3) is 6.08 Å². The molecule has 2 aromatic carbocycles. The average molecular weight is 317 g/mol. The highest BCUT2D eigenvalue weighted by Crippen LogP contribution is 2.42. The van der Waals surface area contributed by atoms with Crippen LogP contribution >= 0.6 is 11.6 Å². The fraction of sp³-hybridized carbons (Fsp3) is 0.118. The summed E-state index contributed by atoms with van der Waals surface area (Å²) in [5, 5.41) is 0.531. The predicted octanol–water partition coefficient (Wildman–Crippen LogP) is 3.97. The summed E-state index contributed by atoms with van der Waals surface area (Å²) in [4.78, 5) is 12.1. The van der Waals surface area contributed by atoms with Gasteiger partial charge >= 0.3 is 0 Å². The van der Waals surface area contributed by atoms with Gasteiger partial charge in [0.25, 0.3) is 0 Å². The van der Waals surface area contributed by atoms with Gasteiger partial charge in [-0.3, -0.25) is 4.79 Å². The molecule has 0 saturated carbocycles. The van der Waals surface area contributed by atoms with Crippen molar-refractivity contribution in [3.05, 3.63) is 58.6 Å². The fourth-order valence-corrected chi connectivity index (χ4v) is 2.35. The molecule has 1 aliphatic heterocycles. The van der Waals surface area contributed by atoms with Crippen LogP contribution in [0.15, 0.2) is 42.5 Å². The van der Waals surface area contributed by atoms with Gasteiger partial charge in [-0.2, -0.15) is 0 Å². The molecule has 1 aliphatic rings. The lowest BCUT2D eigenvalue weighted by Crippen LogP contribution is -1.93. The maximum atomic E-state index is 12.1. The minimum atomic E-state index is -0.126. The number of rotatable bonds is 4. The molecule has 5 heteroatoms. The van der Waals surface area contributed by atoms with E-state index in [1.165, 1.54) is 6.08 Å². The quantitative estimate of drug-likeness (QED) is 0.632. The molecule has 0 spiro atoms. The Bertz CT molecular complexity index is 752. The minimum Gasteiger partial charge on any atom is -0.493 e. The zero-order valence-corrected chi connectivity index (χ0v) is 12.6.